The number of aryl methyl sites for hydroxylation is 1. The van der Waals surface area contributed by atoms with E-state index in [0.717, 1.165) is 48.7 Å². The molecule has 0 aliphatic rings. The Morgan fingerprint density at radius 1 is 1.09 bits per heavy atom. The van der Waals surface area contributed by atoms with E-state index in [1.807, 2.05) is 25.1 Å². The van der Waals surface area contributed by atoms with E-state index < -0.39 is 0 Å². The first-order valence-corrected chi connectivity index (χ1v) is 11.4. The van der Waals surface area contributed by atoms with Crippen molar-refractivity contribution in [2.75, 3.05) is 28.6 Å². The fraction of sp³-hybridized carbons (Fsp3) is 0.400. The van der Waals surface area contributed by atoms with Crippen molar-refractivity contribution >= 4 is 34.6 Å². The average molecular weight is 434 g/mol. The maximum Gasteiger partial charge on any atom is 0.231 e. The molecule has 7 nitrogen and oxygen atoms in total. The normalized spacial score (nSPS) is 11.5. The number of hydrogen-bond donors (Lipinski definition) is 3. The molecule has 0 atom stereocenters. The SMILES string of the molecule is C/C=C(\C=C(C)C)Nc1nc(N(CCC)CCC)c2[nH]c(Nc3cccc(C)c3)nc2n1. The van der Waals surface area contributed by atoms with Gasteiger partial charge in [0, 0.05) is 24.5 Å². The number of nitrogens with one attached hydrogen (secondary N) is 3. The molecular weight excluding hydrogens is 398 g/mol. The van der Waals surface area contributed by atoms with Crippen molar-refractivity contribution in [2.45, 2.75) is 54.4 Å². The molecule has 0 amide bonds. The molecule has 170 valence electrons. The number of imidazole rings is 1. The molecule has 0 aliphatic heterocycles. The van der Waals surface area contributed by atoms with Crippen LogP contribution in [0.3, 0.4) is 0 Å². The largest absolute Gasteiger partial charge is 0.355 e. The van der Waals surface area contributed by atoms with Gasteiger partial charge in [-0.1, -0.05) is 37.6 Å². The Morgan fingerprint density at radius 2 is 1.84 bits per heavy atom. The van der Waals surface area contributed by atoms with E-state index in [2.05, 4.69) is 73.3 Å². The molecule has 2 aromatic heterocycles. The number of benzene rings is 1. The number of hydrogen-bond acceptors (Lipinski definition) is 6. The molecular formula is C25H35N7. The van der Waals surface area contributed by atoms with Gasteiger partial charge in [0.25, 0.3) is 0 Å². The van der Waals surface area contributed by atoms with Crippen molar-refractivity contribution in [3.63, 3.8) is 0 Å². The summed E-state index contributed by atoms with van der Waals surface area (Å²) in [7, 11) is 0. The molecule has 7 heteroatoms. The first kappa shape index (κ1) is 23.3. The average Bonchev–Trinajstić information content (AvgIpc) is 3.14. The van der Waals surface area contributed by atoms with Crippen LogP contribution in [-0.4, -0.2) is 33.0 Å². The lowest BCUT2D eigenvalue weighted by Crippen LogP contribution is -2.26. The third-order valence-corrected chi connectivity index (χ3v) is 4.91. The molecule has 0 spiro atoms. The summed E-state index contributed by atoms with van der Waals surface area (Å²) < 4.78 is 0. The Balaban J connectivity index is 2.06. The number of anilines is 4. The minimum absolute atomic E-state index is 0.545. The van der Waals surface area contributed by atoms with Crippen LogP contribution < -0.4 is 15.5 Å². The summed E-state index contributed by atoms with van der Waals surface area (Å²) in [4.78, 5) is 20.1. The first-order chi connectivity index (χ1) is 15.4. The molecule has 3 rings (SSSR count). The fourth-order valence-electron chi connectivity index (χ4n) is 3.58. The number of rotatable bonds is 10. The molecule has 0 fully saturated rings. The maximum absolute atomic E-state index is 4.90. The van der Waals surface area contributed by atoms with Crippen LogP contribution in [0.15, 0.2) is 47.7 Å². The highest BCUT2D eigenvalue weighted by Crippen LogP contribution is 2.27. The third-order valence-electron chi connectivity index (χ3n) is 4.91. The van der Waals surface area contributed by atoms with E-state index >= 15 is 0 Å². The Bertz CT molecular complexity index is 1100. The summed E-state index contributed by atoms with van der Waals surface area (Å²) >= 11 is 0. The molecule has 0 unspecified atom stereocenters. The van der Waals surface area contributed by atoms with E-state index in [9.17, 15) is 0 Å². The van der Waals surface area contributed by atoms with Gasteiger partial charge in [0.1, 0.15) is 5.52 Å². The first-order valence-electron chi connectivity index (χ1n) is 11.4. The smallest absolute Gasteiger partial charge is 0.231 e. The summed E-state index contributed by atoms with van der Waals surface area (Å²) in [5.41, 5.74) is 5.81. The van der Waals surface area contributed by atoms with E-state index in [-0.39, 0.29) is 0 Å². The second-order valence-electron chi connectivity index (χ2n) is 8.23. The van der Waals surface area contributed by atoms with Crippen LogP contribution in [0.4, 0.5) is 23.4 Å². The topological polar surface area (TPSA) is 81.8 Å². The molecule has 3 N–H and O–H groups in total. The second kappa shape index (κ2) is 10.8. The minimum Gasteiger partial charge on any atom is -0.355 e. The molecule has 2 heterocycles. The number of nitrogens with zero attached hydrogens (tertiary/aromatic N) is 4. The van der Waals surface area contributed by atoms with E-state index in [0.29, 0.717) is 17.5 Å². The number of aromatic nitrogens is 4. The lowest BCUT2D eigenvalue weighted by atomic mass is 10.2. The van der Waals surface area contributed by atoms with Gasteiger partial charge in [-0.05, 0) is 64.3 Å². The van der Waals surface area contributed by atoms with Crippen molar-refractivity contribution < 1.29 is 0 Å². The van der Waals surface area contributed by atoms with Crippen LogP contribution in [0, 0.1) is 6.92 Å². The summed E-state index contributed by atoms with van der Waals surface area (Å²) in [6, 6.07) is 8.21. The Labute approximate surface area is 191 Å². The highest BCUT2D eigenvalue weighted by atomic mass is 15.3. The molecule has 0 bridgehead atoms. The predicted molar refractivity (Wildman–Crippen MR) is 136 cm³/mol. The summed E-state index contributed by atoms with van der Waals surface area (Å²) in [6.07, 6.45) is 6.17. The summed E-state index contributed by atoms with van der Waals surface area (Å²) in [5, 5.41) is 6.73. The van der Waals surface area contributed by atoms with Crippen LogP contribution in [0.2, 0.25) is 0 Å². The number of aromatic amines is 1. The van der Waals surface area contributed by atoms with Gasteiger partial charge < -0.3 is 20.5 Å². The second-order valence-corrected chi connectivity index (χ2v) is 8.23. The van der Waals surface area contributed by atoms with Gasteiger partial charge in [-0.15, -0.1) is 0 Å². The molecule has 0 aliphatic carbocycles. The van der Waals surface area contributed by atoms with E-state index in [4.69, 9.17) is 15.0 Å². The Morgan fingerprint density at radius 3 is 2.47 bits per heavy atom. The molecule has 1 aromatic carbocycles. The quantitative estimate of drug-likeness (QED) is 0.325. The van der Waals surface area contributed by atoms with E-state index in [1.165, 1.54) is 11.1 Å². The van der Waals surface area contributed by atoms with E-state index in [1.54, 1.807) is 0 Å². The lowest BCUT2D eigenvalue weighted by Gasteiger charge is -2.23. The summed E-state index contributed by atoms with van der Waals surface area (Å²) in [5.74, 6) is 2.07. The molecule has 3 aromatic rings. The Hall–Kier alpha value is -3.35. The van der Waals surface area contributed by atoms with Gasteiger partial charge in [0.15, 0.2) is 11.5 Å². The van der Waals surface area contributed by atoms with Gasteiger partial charge in [-0.25, -0.2) is 0 Å². The molecule has 0 radical (unpaired) electrons. The van der Waals surface area contributed by atoms with Crippen LogP contribution >= 0.6 is 0 Å². The van der Waals surface area contributed by atoms with Gasteiger partial charge in [0.2, 0.25) is 11.9 Å². The van der Waals surface area contributed by atoms with Crippen molar-refractivity contribution in [3.05, 3.63) is 53.3 Å². The van der Waals surface area contributed by atoms with Gasteiger partial charge in [0.05, 0.1) is 0 Å². The number of fused-ring (bicyclic) bond motifs is 1. The molecule has 0 saturated carbocycles. The van der Waals surface area contributed by atoms with Crippen LogP contribution in [0.5, 0.6) is 0 Å². The lowest BCUT2D eigenvalue weighted by molar-refractivity contribution is 0.736. The highest BCUT2D eigenvalue weighted by Gasteiger charge is 2.18. The zero-order valence-electron chi connectivity index (χ0n) is 20.1. The minimum atomic E-state index is 0.545. The standard InChI is InChI=1S/C25H35N7/c1-7-13-32(14-8-2)23-21-22(30-25(31-23)26-19(9-3)15-17(4)5)29-24(28-21)27-20-12-10-11-18(6)16-20/h9-12,15-16H,7-8,13-14H2,1-6H3,(H3,26,27,28,29,30,31)/b19-9+. The molecule has 32 heavy (non-hydrogen) atoms. The van der Waals surface area contributed by atoms with Crippen molar-refractivity contribution in [1.82, 2.24) is 19.9 Å². The Kier molecular flexibility index (Phi) is 7.87. The molecule has 0 saturated heterocycles. The predicted octanol–water partition coefficient (Wildman–Crippen LogP) is 6.31. The number of allylic oxidation sites excluding steroid dienone is 3. The van der Waals surface area contributed by atoms with Crippen LogP contribution in [-0.2, 0) is 0 Å². The van der Waals surface area contributed by atoms with Crippen LogP contribution in [0.25, 0.3) is 11.2 Å². The third kappa shape index (κ3) is 5.87. The van der Waals surface area contributed by atoms with Crippen LogP contribution in [0.1, 0.15) is 53.0 Å². The van der Waals surface area contributed by atoms with Gasteiger partial charge in [-0.3, -0.25) is 0 Å². The zero-order chi connectivity index (χ0) is 23.1. The maximum atomic E-state index is 4.90. The number of H-pyrrole nitrogens is 1. The van der Waals surface area contributed by atoms with Crippen molar-refractivity contribution in [1.29, 1.82) is 0 Å². The van der Waals surface area contributed by atoms with Crippen molar-refractivity contribution in [3.8, 4) is 0 Å². The van der Waals surface area contributed by atoms with Gasteiger partial charge >= 0.3 is 0 Å². The summed E-state index contributed by atoms with van der Waals surface area (Å²) in [6.45, 7) is 14.4. The zero-order valence-corrected chi connectivity index (χ0v) is 20.1. The fourth-order valence-corrected chi connectivity index (χ4v) is 3.58. The van der Waals surface area contributed by atoms with Crippen molar-refractivity contribution in [2.24, 2.45) is 0 Å². The van der Waals surface area contributed by atoms with Gasteiger partial charge in [-0.2, -0.15) is 15.0 Å². The highest BCUT2D eigenvalue weighted by molar-refractivity contribution is 5.87. The monoisotopic (exact) mass is 433 g/mol.